The molecule has 5 rings (SSSR count). The van der Waals surface area contributed by atoms with E-state index in [1.54, 1.807) is 6.07 Å². The number of hydrogen-bond acceptors (Lipinski definition) is 5. The summed E-state index contributed by atoms with van der Waals surface area (Å²) in [6.07, 6.45) is 5.27. The molecule has 3 N–H and O–H groups in total. The predicted octanol–water partition coefficient (Wildman–Crippen LogP) is 2.61. The van der Waals surface area contributed by atoms with Gasteiger partial charge in [-0.05, 0) is 50.3 Å². The lowest BCUT2D eigenvalue weighted by Gasteiger charge is -2.34. The number of aromatic amines is 1. The average Bonchev–Trinajstić information content (AvgIpc) is 3.36. The van der Waals surface area contributed by atoms with Gasteiger partial charge in [-0.3, -0.25) is 0 Å². The first-order valence-corrected chi connectivity index (χ1v) is 10.0. The number of piperazine rings is 1. The van der Waals surface area contributed by atoms with Gasteiger partial charge in [0.25, 0.3) is 0 Å². The number of carbonyl (C=O) groups is 1. The van der Waals surface area contributed by atoms with Crippen LogP contribution in [0.5, 0.6) is 0 Å². The molecule has 2 aromatic rings. The van der Waals surface area contributed by atoms with Crippen molar-refractivity contribution < 1.29 is 9.90 Å². The molecule has 0 amide bonds. The van der Waals surface area contributed by atoms with Crippen molar-refractivity contribution in [3.05, 3.63) is 17.7 Å². The number of hydrogen-bond donors (Lipinski definition) is 3. The Bertz CT molecular complexity index is 871. The zero-order chi connectivity index (χ0) is 18.5. The van der Waals surface area contributed by atoms with E-state index in [4.69, 9.17) is 0 Å². The predicted molar refractivity (Wildman–Crippen MR) is 106 cm³/mol. The Morgan fingerprint density at radius 1 is 1.22 bits per heavy atom. The number of imidazole rings is 1. The minimum atomic E-state index is -0.892. The molecule has 1 saturated heterocycles. The summed E-state index contributed by atoms with van der Waals surface area (Å²) < 4.78 is 0. The van der Waals surface area contributed by atoms with Gasteiger partial charge in [0, 0.05) is 32.2 Å². The average molecular weight is 369 g/mol. The van der Waals surface area contributed by atoms with Gasteiger partial charge in [-0.1, -0.05) is 6.42 Å². The van der Waals surface area contributed by atoms with Crippen molar-refractivity contribution in [1.82, 2.24) is 14.9 Å². The Balaban J connectivity index is 1.44. The molecule has 2 heterocycles. The second-order valence-corrected chi connectivity index (χ2v) is 8.49. The normalized spacial score (nSPS) is 28.2. The Labute approximate surface area is 158 Å². The van der Waals surface area contributed by atoms with E-state index in [0.717, 1.165) is 60.7 Å². The van der Waals surface area contributed by atoms with Gasteiger partial charge in [-0.2, -0.15) is 0 Å². The number of carboxylic acid groups (broad SMARTS) is 1. The Kier molecular flexibility index (Phi) is 4.00. The third-order valence-corrected chi connectivity index (χ3v) is 6.73. The lowest BCUT2D eigenvalue weighted by molar-refractivity contribution is 0.0697. The van der Waals surface area contributed by atoms with E-state index in [2.05, 4.69) is 32.1 Å². The second-order valence-electron chi connectivity index (χ2n) is 8.49. The molecule has 0 spiro atoms. The van der Waals surface area contributed by atoms with E-state index >= 15 is 0 Å². The topological polar surface area (TPSA) is 84.5 Å². The highest BCUT2D eigenvalue weighted by atomic mass is 16.4. The number of anilines is 2. The molecule has 1 aromatic heterocycles. The fourth-order valence-electron chi connectivity index (χ4n) is 5.19. The zero-order valence-corrected chi connectivity index (χ0v) is 15.7. The molecule has 1 aliphatic heterocycles. The number of benzene rings is 1. The van der Waals surface area contributed by atoms with E-state index in [1.165, 1.54) is 25.7 Å². The molecule has 3 atom stereocenters. The van der Waals surface area contributed by atoms with Crippen LogP contribution in [-0.4, -0.2) is 65.2 Å². The summed E-state index contributed by atoms with van der Waals surface area (Å²) in [5, 5.41) is 13.3. The molecule has 2 saturated carbocycles. The number of carboxylic acids is 1. The number of nitrogens with one attached hydrogen (secondary N) is 2. The third kappa shape index (κ3) is 3.04. The maximum atomic E-state index is 11.9. The standard InChI is InChI=1S/C20H27N5O2/c1-24-4-6-25(7-5-24)18-11-17-16(10-14(18)19(26)27)22-20(23-17)21-15-9-12-2-3-13(15)8-12/h10-13,15H,2-9H2,1H3,(H,26,27)(H2,21,22,23)/t12-,13+,15+/m1/s1. The first-order valence-electron chi connectivity index (χ1n) is 10.0. The summed E-state index contributed by atoms with van der Waals surface area (Å²) >= 11 is 0. The molecule has 0 radical (unpaired) electrons. The van der Waals surface area contributed by atoms with Gasteiger partial charge in [0.1, 0.15) is 0 Å². The van der Waals surface area contributed by atoms with Crippen LogP contribution in [0, 0.1) is 11.8 Å². The maximum absolute atomic E-state index is 11.9. The first-order chi connectivity index (χ1) is 13.1. The fraction of sp³-hybridized carbons (Fsp3) is 0.600. The summed E-state index contributed by atoms with van der Waals surface area (Å²) in [5.41, 5.74) is 2.75. The van der Waals surface area contributed by atoms with Crippen LogP contribution in [0.25, 0.3) is 11.0 Å². The van der Waals surface area contributed by atoms with Crippen LogP contribution in [0.1, 0.15) is 36.0 Å². The van der Waals surface area contributed by atoms with E-state index < -0.39 is 5.97 Å². The SMILES string of the molecule is CN1CCN(c2cc3[nH]c(N[C@H]4C[C@@H]5CC[C@H]4C5)nc3cc2C(=O)O)CC1. The number of rotatable bonds is 4. The highest BCUT2D eigenvalue weighted by Gasteiger charge is 2.39. The van der Waals surface area contributed by atoms with Gasteiger partial charge in [-0.15, -0.1) is 0 Å². The lowest BCUT2D eigenvalue weighted by Crippen LogP contribution is -2.45. The molecule has 7 nitrogen and oxygen atoms in total. The number of fused-ring (bicyclic) bond motifs is 3. The minimum absolute atomic E-state index is 0.338. The van der Waals surface area contributed by atoms with Crippen LogP contribution in [0.15, 0.2) is 12.1 Å². The van der Waals surface area contributed by atoms with Gasteiger partial charge in [0.15, 0.2) is 0 Å². The van der Waals surface area contributed by atoms with Crippen molar-refractivity contribution in [1.29, 1.82) is 0 Å². The number of H-pyrrole nitrogens is 1. The fourth-order valence-corrected chi connectivity index (χ4v) is 5.19. The van der Waals surface area contributed by atoms with Crippen molar-refractivity contribution in [2.24, 2.45) is 11.8 Å². The Hall–Kier alpha value is -2.28. The molecular formula is C20H27N5O2. The van der Waals surface area contributed by atoms with Crippen molar-refractivity contribution in [2.75, 3.05) is 43.4 Å². The number of likely N-dealkylation sites (N-methyl/N-ethyl adjacent to an activating group) is 1. The maximum Gasteiger partial charge on any atom is 0.337 e. The van der Waals surface area contributed by atoms with Crippen molar-refractivity contribution in [3.63, 3.8) is 0 Å². The van der Waals surface area contributed by atoms with E-state index in [1.807, 2.05) is 6.07 Å². The Morgan fingerprint density at radius 3 is 2.70 bits per heavy atom. The first kappa shape index (κ1) is 16.9. The van der Waals surface area contributed by atoms with Gasteiger partial charge < -0.3 is 25.2 Å². The summed E-state index contributed by atoms with van der Waals surface area (Å²) in [4.78, 5) is 24.3. The van der Waals surface area contributed by atoms with Crippen LogP contribution in [0.3, 0.4) is 0 Å². The van der Waals surface area contributed by atoms with Gasteiger partial charge in [-0.25, -0.2) is 9.78 Å². The highest BCUT2D eigenvalue weighted by Crippen LogP contribution is 2.45. The molecule has 2 aliphatic carbocycles. The molecule has 7 heteroatoms. The molecule has 2 bridgehead atoms. The minimum Gasteiger partial charge on any atom is -0.478 e. The van der Waals surface area contributed by atoms with E-state index in [0.29, 0.717) is 11.6 Å². The largest absolute Gasteiger partial charge is 0.478 e. The molecule has 3 aliphatic rings. The molecule has 144 valence electrons. The monoisotopic (exact) mass is 369 g/mol. The number of aromatic nitrogens is 2. The summed E-state index contributed by atoms with van der Waals surface area (Å²) in [6.45, 7) is 3.56. The van der Waals surface area contributed by atoms with Gasteiger partial charge >= 0.3 is 5.97 Å². The number of aromatic carboxylic acids is 1. The second kappa shape index (κ2) is 6.41. The number of nitrogens with zero attached hydrogens (tertiary/aromatic N) is 3. The highest BCUT2D eigenvalue weighted by molar-refractivity contribution is 6.00. The Morgan fingerprint density at radius 2 is 2.04 bits per heavy atom. The van der Waals surface area contributed by atoms with Crippen LogP contribution < -0.4 is 10.2 Å². The van der Waals surface area contributed by atoms with Crippen molar-refractivity contribution >= 4 is 28.6 Å². The summed E-state index contributed by atoms with van der Waals surface area (Å²) in [5.74, 6) is 1.52. The zero-order valence-electron chi connectivity index (χ0n) is 15.7. The quantitative estimate of drug-likeness (QED) is 0.768. The summed E-state index contributed by atoms with van der Waals surface area (Å²) in [6, 6.07) is 4.18. The molecular weight excluding hydrogens is 342 g/mol. The molecule has 1 aromatic carbocycles. The van der Waals surface area contributed by atoms with Crippen LogP contribution in [0.2, 0.25) is 0 Å². The summed E-state index contributed by atoms with van der Waals surface area (Å²) in [7, 11) is 2.10. The van der Waals surface area contributed by atoms with Gasteiger partial charge in [0.2, 0.25) is 5.95 Å². The lowest BCUT2D eigenvalue weighted by atomic mass is 9.95. The van der Waals surface area contributed by atoms with Crippen LogP contribution in [0.4, 0.5) is 11.6 Å². The van der Waals surface area contributed by atoms with E-state index in [-0.39, 0.29) is 0 Å². The van der Waals surface area contributed by atoms with Crippen molar-refractivity contribution in [3.8, 4) is 0 Å². The molecule has 3 fully saturated rings. The smallest absolute Gasteiger partial charge is 0.337 e. The van der Waals surface area contributed by atoms with Gasteiger partial charge in [0.05, 0.1) is 22.3 Å². The van der Waals surface area contributed by atoms with Crippen LogP contribution >= 0.6 is 0 Å². The van der Waals surface area contributed by atoms with Crippen molar-refractivity contribution in [2.45, 2.75) is 31.7 Å². The molecule has 0 unspecified atom stereocenters. The molecule has 27 heavy (non-hydrogen) atoms. The third-order valence-electron chi connectivity index (χ3n) is 6.73. The van der Waals surface area contributed by atoms with E-state index in [9.17, 15) is 9.90 Å². The van der Waals surface area contributed by atoms with Crippen LogP contribution in [-0.2, 0) is 0 Å².